The van der Waals surface area contributed by atoms with Gasteiger partial charge in [0.15, 0.2) is 0 Å². The van der Waals surface area contributed by atoms with Crippen molar-refractivity contribution in [1.82, 2.24) is 10.6 Å². The molecule has 3 aromatic rings. The first-order chi connectivity index (χ1) is 13.2. The van der Waals surface area contributed by atoms with Gasteiger partial charge in [0.05, 0.1) is 11.7 Å². The smallest absolute Gasteiger partial charge is 0.319 e. The molecule has 134 valence electrons. The molecule has 4 rings (SSSR count). The number of nitrogens with one attached hydrogen (secondary N) is 2. The number of rotatable bonds is 4. The van der Waals surface area contributed by atoms with Gasteiger partial charge in [0.25, 0.3) is 0 Å². The fourth-order valence-electron chi connectivity index (χ4n) is 3.40. The van der Waals surface area contributed by atoms with Crippen molar-refractivity contribution < 1.29 is 9.18 Å². The van der Waals surface area contributed by atoms with Crippen molar-refractivity contribution in [3.05, 3.63) is 113 Å². The van der Waals surface area contributed by atoms with Crippen LogP contribution in [0.15, 0.2) is 90.5 Å². The normalized spacial score (nSPS) is 16.6. The van der Waals surface area contributed by atoms with Crippen LogP contribution >= 0.6 is 0 Å². The molecule has 0 aliphatic carbocycles. The second kappa shape index (κ2) is 7.46. The highest BCUT2D eigenvalue weighted by molar-refractivity contribution is 5.90. The summed E-state index contributed by atoms with van der Waals surface area (Å²) in [5.41, 5.74) is 4.79. The molecule has 1 atom stereocenters. The van der Waals surface area contributed by atoms with Crippen molar-refractivity contribution in [1.29, 1.82) is 0 Å². The average Bonchev–Trinajstić information content (AvgIpc) is 2.72. The van der Waals surface area contributed by atoms with E-state index >= 15 is 0 Å². The predicted octanol–water partition coefficient (Wildman–Crippen LogP) is 4.83. The van der Waals surface area contributed by atoms with E-state index < -0.39 is 0 Å². The van der Waals surface area contributed by atoms with E-state index in [0.29, 0.717) is 6.42 Å². The zero-order valence-corrected chi connectivity index (χ0v) is 14.7. The molecule has 0 fully saturated rings. The van der Waals surface area contributed by atoms with Gasteiger partial charge in [-0.2, -0.15) is 0 Å². The molecule has 3 nitrogen and oxygen atoms in total. The number of hydrogen-bond acceptors (Lipinski definition) is 1. The van der Waals surface area contributed by atoms with Crippen molar-refractivity contribution in [3.63, 3.8) is 0 Å². The molecule has 0 bridgehead atoms. The number of benzene rings is 3. The van der Waals surface area contributed by atoms with Crippen molar-refractivity contribution in [2.45, 2.75) is 12.5 Å². The molecule has 3 aromatic carbocycles. The second-order valence-corrected chi connectivity index (χ2v) is 6.51. The van der Waals surface area contributed by atoms with E-state index in [-0.39, 0.29) is 17.9 Å². The Balaban J connectivity index is 1.84. The van der Waals surface area contributed by atoms with E-state index in [4.69, 9.17) is 0 Å². The maximum absolute atomic E-state index is 13.3. The highest BCUT2D eigenvalue weighted by Crippen LogP contribution is 2.33. The van der Waals surface area contributed by atoms with E-state index in [0.717, 1.165) is 28.0 Å². The van der Waals surface area contributed by atoms with Crippen LogP contribution in [-0.4, -0.2) is 6.03 Å². The summed E-state index contributed by atoms with van der Waals surface area (Å²) >= 11 is 0. The molecule has 1 heterocycles. The summed E-state index contributed by atoms with van der Waals surface area (Å²) in [5, 5.41) is 6.00. The molecule has 2 amide bonds. The van der Waals surface area contributed by atoms with Gasteiger partial charge in [0, 0.05) is 0 Å². The summed E-state index contributed by atoms with van der Waals surface area (Å²) in [6, 6.07) is 25.7. The number of hydrogen-bond donors (Lipinski definition) is 2. The molecule has 0 aromatic heterocycles. The lowest BCUT2D eigenvalue weighted by Gasteiger charge is -2.31. The Hall–Kier alpha value is -3.40. The first-order valence-electron chi connectivity index (χ1n) is 8.86. The number of amides is 2. The van der Waals surface area contributed by atoms with Gasteiger partial charge < -0.3 is 10.6 Å². The van der Waals surface area contributed by atoms with Crippen LogP contribution in [0.5, 0.6) is 0 Å². The zero-order valence-electron chi connectivity index (χ0n) is 14.7. The van der Waals surface area contributed by atoms with Gasteiger partial charge in [-0.25, -0.2) is 9.18 Å². The molecule has 1 aliphatic rings. The summed E-state index contributed by atoms with van der Waals surface area (Å²) in [5.74, 6) is -0.259. The fraction of sp³-hybridized carbons (Fsp3) is 0.0870. The molecule has 0 saturated carbocycles. The molecule has 0 radical (unpaired) electrons. The minimum Gasteiger partial charge on any atom is -0.327 e. The Labute approximate surface area is 157 Å². The van der Waals surface area contributed by atoms with Crippen molar-refractivity contribution in [2.24, 2.45) is 0 Å². The maximum Gasteiger partial charge on any atom is 0.319 e. The lowest BCUT2D eigenvalue weighted by Crippen LogP contribution is -2.43. The summed E-state index contributed by atoms with van der Waals surface area (Å²) in [7, 11) is 0. The Bertz CT molecular complexity index is 966. The SMILES string of the molecule is O=C1NC(c2ccccc2)=C(Cc2ccc(F)cc2)C(c2ccccc2)N1. The predicted molar refractivity (Wildman–Crippen MR) is 104 cm³/mol. The van der Waals surface area contributed by atoms with Crippen LogP contribution in [0.25, 0.3) is 5.70 Å². The Morgan fingerprint density at radius 3 is 2.11 bits per heavy atom. The average molecular weight is 358 g/mol. The Morgan fingerprint density at radius 2 is 1.44 bits per heavy atom. The lowest BCUT2D eigenvalue weighted by atomic mass is 9.88. The lowest BCUT2D eigenvalue weighted by molar-refractivity contribution is 0.240. The van der Waals surface area contributed by atoms with Crippen LogP contribution in [0.3, 0.4) is 0 Å². The standard InChI is InChI=1S/C23H19FN2O/c24-19-13-11-16(12-14-19)15-20-21(17-7-3-1-4-8-17)25-23(27)26-22(20)18-9-5-2-6-10-18/h1-14,21H,15H2,(H2,25,26,27). The zero-order chi connectivity index (χ0) is 18.6. The topological polar surface area (TPSA) is 41.1 Å². The molecule has 4 heteroatoms. The van der Waals surface area contributed by atoms with Crippen molar-refractivity contribution in [2.75, 3.05) is 0 Å². The minimum atomic E-state index is -0.259. The Morgan fingerprint density at radius 1 is 0.815 bits per heavy atom. The maximum atomic E-state index is 13.3. The van der Waals surface area contributed by atoms with Crippen LogP contribution in [0.1, 0.15) is 22.7 Å². The summed E-state index contributed by atoms with van der Waals surface area (Å²) < 4.78 is 13.3. The summed E-state index contributed by atoms with van der Waals surface area (Å²) in [4.78, 5) is 12.4. The van der Waals surface area contributed by atoms with Crippen LogP contribution in [-0.2, 0) is 6.42 Å². The van der Waals surface area contributed by atoms with Gasteiger partial charge in [-0.15, -0.1) is 0 Å². The van der Waals surface area contributed by atoms with E-state index in [1.54, 1.807) is 12.1 Å². The fourth-order valence-corrected chi connectivity index (χ4v) is 3.40. The van der Waals surface area contributed by atoms with Gasteiger partial charge in [-0.1, -0.05) is 72.8 Å². The van der Waals surface area contributed by atoms with Crippen molar-refractivity contribution in [3.8, 4) is 0 Å². The van der Waals surface area contributed by atoms with E-state index in [9.17, 15) is 9.18 Å². The molecule has 1 aliphatic heterocycles. The van der Waals surface area contributed by atoms with E-state index in [1.807, 2.05) is 60.7 Å². The third kappa shape index (κ3) is 3.75. The highest BCUT2D eigenvalue weighted by atomic mass is 19.1. The highest BCUT2D eigenvalue weighted by Gasteiger charge is 2.28. The molecular formula is C23H19FN2O. The van der Waals surface area contributed by atoms with Gasteiger partial charge in [0.1, 0.15) is 5.82 Å². The summed E-state index contributed by atoms with van der Waals surface area (Å²) in [6.07, 6.45) is 0.595. The van der Waals surface area contributed by atoms with E-state index in [2.05, 4.69) is 10.6 Å². The molecule has 27 heavy (non-hydrogen) atoms. The second-order valence-electron chi connectivity index (χ2n) is 6.51. The van der Waals surface area contributed by atoms with Gasteiger partial charge in [-0.3, -0.25) is 0 Å². The van der Waals surface area contributed by atoms with Gasteiger partial charge >= 0.3 is 6.03 Å². The first kappa shape index (κ1) is 17.0. The molecule has 0 saturated heterocycles. The summed E-state index contributed by atoms with van der Waals surface area (Å²) in [6.45, 7) is 0. The van der Waals surface area contributed by atoms with E-state index in [1.165, 1.54) is 12.1 Å². The molecule has 2 N–H and O–H groups in total. The van der Waals surface area contributed by atoms with Crippen LogP contribution in [0.4, 0.5) is 9.18 Å². The molecule has 1 unspecified atom stereocenters. The number of halogens is 1. The Kier molecular flexibility index (Phi) is 4.71. The van der Waals surface area contributed by atoms with Gasteiger partial charge in [-0.05, 0) is 40.8 Å². The van der Waals surface area contributed by atoms with Gasteiger partial charge in [0.2, 0.25) is 0 Å². The molecule has 0 spiro atoms. The number of urea groups is 1. The quantitative estimate of drug-likeness (QED) is 0.689. The van der Waals surface area contributed by atoms with Crippen LogP contribution in [0, 0.1) is 5.82 Å². The van der Waals surface area contributed by atoms with Crippen molar-refractivity contribution >= 4 is 11.7 Å². The molecular weight excluding hydrogens is 339 g/mol. The van der Waals surface area contributed by atoms with Crippen LogP contribution in [0.2, 0.25) is 0 Å². The minimum absolute atomic E-state index is 0.231. The number of carbonyl (C=O) groups is 1. The third-order valence-electron chi connectivity index (χ3n) is 4.69. The van der Waals surface area contributed by atoms with Crippen LogP contribution < -0.4 is 10.6 Å². The first-order valence-corrected chi connectivity index (χ1v) is 8.86. The third-order valence-corrected chi connectivity index (χ3v) is 4.69. The largest absolute Gasteiger partial charge is 0.327 e. The monoisotopic (exact) mass is 358 g/mol. The number of carbonyl (C=O) groups excluding carboxylic acids is 1.